The molecule has 174 valence electrons. The average molecular weight is 448 g/mol. The fourth-order valence-electron chi connectivity index (χ4n) is 3.04. The zero-order chi connectivity index (χ0) is 23.8. The van der Waals surface area contributed by atoms with Gasteiger partial charge in [0, 0.05) is 17.5 Å². The summed E-state index contributed by atoms with van der Waals surface area (Å²) < 4.78 is 5.25. The van der Waals surface area contributed by atoms with E-state index >= 15 is 0 Å². The smallest absolute Gasteiger partial charge is 0.129 e. The molecular weight excluding hydrogens is 406 g/mol. The van der Waals surface area contributed by atoms with Crippen LogP contribution in [0.4, 0.5) is 0 Å². The number of nitrogens with zero attached hydrogens (tertiary/aromatic N) is 2. The van der Waals surface area contributed by atoms with Gasteiger partial charge in [-0.1, -0.05) is 62.9 Å². The Morgan fingerprint density at radius 2 is 1.74 bits per heavy atom. The summed E-state index contributed by atoms with van der Waals surface area (Å²) in [6, 6.07) is 8.11. The summed E-state index contributed by atoms with van der Waals surface area (Å²) >= 11 is 5.72. The molecular formula is C26H42ClN3O. The number of nitrogens with one attached hydrogen (secondary N) is 1. The Kier molecular flexibility index (Phi) is 15.7. The second-order valence-corrected chi connectivity index (χ2v) is 8.31. The molecule has 1 N–H and O–H groups in total. The predicted octanol–water partition coefficient (Wildman–Crippen LogP) is 7.13. The maximum absolute atomic E-state index is 7.76. The van der Waals surface area contributed by atoms with Gasteiger partial charge in [-0.2, -0.15) is 0 Å². The molecule has 0 fully saturated rings. The molecule has 0 saturated heterocycles. The zero-order valence-electron chi connectivity index (χ0n) is 20.8. The lowest BCUT2D eigenvalue weighted by molar-refractivity contribution is 0.408. The first kappa shape index (κ1) is 29.1. The molecule has 1 heterocycles. The Morgan fingerprint density at radius 3 is 2.19 bits per heavy atom. The van der Waals surface area contributed by atoms with Crippen molar-refractivity contribution in [3.8, 4) is 5.75 Å². The van der Waals surface area contributed by atoms with Gasteiger partial charge < -0.3 is 15.0 Å². The summed E-state index contributed by atoms with van der Waals surface area (Å²) in [7, 11) is 5.90. The summed E-state index contributed by atoms with van der Waals surface area (Å²) in [6.45, 7) is 11.7. The first-order valence-electron chi connectivity index (χ1n) is 11.2. The Labute approximate surface area is 195 Å². The molecule has 0 aliphatic heterocycles. The van der Waals surface area contributed by atoms with Gasteiger partial charge in [0.1, 0.15) is 10.9 Å². The molecule has 1 aromatic heterocycles. The van der Waals surface area contributed by atoms with E-state index in [4.69, 9.17) is 21.7 Å². The van der Waals surface area contributed by atoms with E-state index < -0.39 is 0 Å². The van der Waals surface area contributed by atoms with Crippen molar-refractivity contribution in [2.75, 3.05) is 27.7 Å². The van der Waals surface area contributed by atoms with Gasteiger partial charge in [0.25, 0.3) is 0 Å². The van der Waals surface area contributed by atoms with Crippen LogP contribution >= 0.6 is 11.6 Å². The number of hydrogen-bond acceptors (Lipinski definition) is 4. The van der Waals surface area contributed by atoms with Gasteiger partial charge in [-0.25, -0.2) is 4.98 Å². The van der Waals surface area contributed by atoms with Crippen LogP contribution in [-0.2, 0) is 6.42 Å². The first-order valence-corrected chi connectivity index (χ1v) is 11.6. The van der Waals surface area contributed by atoms with E-state index in [9.17, 15) is 0 Å². The third-order valence-corrected chi connectivity index (χ3v) is 4.74. The largest absolute Gasteiger partial charge is 0.496 e. The second-order valence-electron chi connectivity index (χ2n) is 7.92. The minimum atomic E-state index is 0.491. The van der Waals surface area contributed by atoms with Crippen molar-refractivity contribution >= 4 is 17.3 Å². The van der Waals surface area contributed by atoms with Crippen LogP contribution < -0.4 is 4.74 Å². The molecule has 0 amide bonds. The number of hydrogen-bond donors (Lipinski definition) is 1. The standard InChI is InChI=1S/C11H16O.C10H13ClN2.C5H13N/c1-4-5-10-8-9(2)6-7-11(10)12-3;1-3-4-9(12)8-6-13-10(11)5-7(8)2;1-4-5-6(2)3/h6-8H,4-5H2,1-3H3;5-6,12H,3-4H2,1-2H3;4-5H2,1-3H3. The number of aromatic nitrogens is 1. The van der Waals surface area contributed by atoms with Gasteiger partial charge in [-0.3, -0.25) is 0 Å². The molecule has 0 aliphatic rings. The molecule has 2 rings (SSSR count). The van der Waals surface area contributed by atoms with Crippen molar-refractivity contribution in [2.24, 2.45) is 0 Å². The highest BCUT2D eigenvalue weighted by atomic mass is 35.5. The highest BCUT2D eigenvalue weighted by Gasteiger charge is 2.05. The topological polar surface area (TPSA) is 49.2 Å². The Hall–Kier alpha value is -1.91. The molecule has 0 bridgehead atoms. The average Bonchev–Trinajstić information content (AvgIpc) is 2.69. The molecule has 0 spiro atoms. The summed E-state index contributed by atoms with van der Waals surface area (Å²) in [4.78, 5) is 6.15. The number of rotatable bonds is 8. The molecule has 0 atom stereocenters. The summed E-state index contributed by atoms with van der Waals surface area (Å²) in [5, 5.41) is 8.25. The highest BCUT2D eigenvalue weighted by molar-refractivity contribution is 6.29. The van der Waals surface area contributed by atoms with E-state index in [0.717, 1.165) is 36.1 Å². The van der Waals surface area contributed by atoms with Gasteiger partial charge in [0.2, 0.25) is 0 Å². The molecule has 0 saturated carbocycles. The number of benzene rings is 1. The summed E-state index contributed by atoms with van der Waals surface area (Å²) in [6.07, 6.45) is 6.98. The number of halogens is 1. The van der Waals surface area contributed by atoms with Gasteiger partial charge in [0.15, 0.2) is 0 Å². The monoisotopic (exact) mass is 447 g/mol. The molecule has 5 heteroatoms. The van der Waals surface area contributed by atoms with Crippen LogP contribution in [0.3, 0.4) is 0 Å². The molecule has 4 nitrogen and oxygen atoms in total. The second kappa shape index (κ2) is 16.7. The van der Waals surface area contributed by atoms with E-state index in [1.807, 2.05) is 13.0 Å². The van der Waals surface area contributed by atoms with Gasteiger partial charge in [-0.05, 0) is 77.0 Å². The van der Waals surface area contributed by atoms with Crippen LogP contribution in [0.5, 0.6) is 5.75 Å². The Morgan fingerprint density at radius 1 is 1.06 bits per heavy atom. The van der Waals surface area contributed by atoms with E-state index in [1.165, 1.54) is 30.5 Å². The normalized spacial score (nSPS) is 10.0. The lowest BCUT2D eigenvalue weighted by Gasteiger charge is -2.07. The minimum absolute atomic E-state index is 0.491. The van der Waals surface area contributed by atoms with E-state index in [1.54, 1.807) is 19.4 Å². The SMILES string of the molecule is CCCC(=N)c1cnc(Cl)cc1C.CCCN(C)C.CCCc1cc(C)ccc1OC. The van der Waals surface area contributed by atoms with Crippen LogP contribution in [0.15, 0.2) is 30.5 Å². The third-order valence-electron chi connectivity index (χ3n) is 4.53. The Bertz CT molecular complexity index is 775. The van der Waals surface area contributed by atoms with Crippen LogP contribution in [0, 0.1) is 19.3 Å². The molecule has 0 radical (unpaired) electrons. The van der Waals surface area contributed by atoms with Crippen LogP contribution in [-0.4, -0.2) is 43.3 Å². The fraction of sp³-hybridized carbons (Fsp3) is 0.538. The minimum Gasteiger partial charge on any atom is -0.496 e. The van der Waals surface area contributed by atoms with Crippen LogP contribution in [0.2, 0.25) is 5.15 Å². The van der Waals surface area contributed by atoms with Crippen LogP contribution in [0.1, 0.15) is 68.7 Å². The van der Waals surface area contributed by atoms with E-state index in [-0.39, 0.29) is 0 Å². The fourth-order valence-corrected chi connectivity index (χ4v) is 3.25. The predicted molar refractivity (Wildman–Crippen MR) is 136 cm³/mol. The number of aryl methyl sites for hydroxylation is 3. The Balaban J connectivity index is 0.000000466. The maximum Gasteiger partial charge on any atom is 0.129 e. The lowest BCUT2D eigenvalue weighted by Crippen LogP contribution is -2.11. The van der Waals surface area contributed by atoms with Crippen molar-refractivity contribution in [1.29, 1.82) is 5.41 Å². The molecule has 2 aromatic rings. The molecule has 31 heavy (non-hydrogen) atoms. The number of methoxy groups -OCH3 is 1. The first-order chi connectivity index (χ1) is 14.7. The van der Waals surface area contributed by atoms with Crippen molar-refractivity contribution in [1.82, 2.24) is 9.88 Å². The van der Waals surface area contributed by atoms with Crippen molar-refractivity contribution < 1.29 is 4.74 Å². The van der Waals surface area contributed by atoms with Gasteiger partial charge >= 0.3 is 0 Å². The number of ether oxygens (including phenoxy) is 1. The highest BCUT2D eigenvalue weighted by Crippen LogP contribution is 2.20. The van der Waals surface area contributed by atoms with E-state index in [2.05, 4.69) is 63.8 Å². The molecule has 1 aromatic carbocycles. The van der Waals surface area contributed by atoms with Crippen LogP contribution in [0.25, 0.3) is 0 Å². The van der Waals surface area contributed by atoms with E-state index in [0.29, 0.717) is 10.9 Å². The summed E-state index contributed by atoms with van der Waals surface area (Å²) in [5.41, 5.74) is 5.20. The maximum atomic E-state index is 7.76. The quantitative estimate of drug-likeness (QED) is 0.346. The van der Waals surface area contributed by atoms with Crippen molar-refractivity contribution in [3.63, 3.8) is 0 Å². The van der Waals surface area contributed by atoms with Crippen molar-refractivity contribution in [3.05, 3.63) is 57.9 Å². The molecule has 0 unspecified atom stereocenters. The third kappa shape index (κ3) is 12.5. The van der Waals surface area contributed by atoms with Gasteiger partial charge in [-0.15, -0.1) is 0 Å². The number of pyridine rings is 1. The summed E-state index contributed by atoms with van der Waals surface area (Å²) in [5.74, 6) is 1.02. The molecule has 0 aliphatic carbocycles. The van der Waals surface area contributed by atoms with Crippen molar-refractivity contribution in [2.45, 2.75) is 66.7 Å². The lowest BCUT2D eigenvalue weighted by atomic mass is 10.0. The van der Waals surface area contributed by atoms with Gasteiger partial charge in [0.05, 0.1) is 7.11 Å². The zero-order valence-corrected chi connectivity index (χ0v) is 21.6.